The van der Waals surface area contributed by atoms with Crippen molar-refractivity contribution < 1.29 is 14.3 Å². The molecule has 0 atom stereocenters. The number of nitrogens with zero attached hydrogens (tertiary/aromatic N) is 7. The van der Waals surface area contributed by atoms with Gasteiger partial charge in [0.25, 0.3) is 0 Å². The molecule has 4 rings (SSSR count). The standard InChI is InChI=1S/C25H34N8O3/c1-15(2)33(16(3)4)25(34)32-11-9-31(10-12-32)23-21-22(29-24(26)30-23)27-14-18(28-21)17-7-8-19(35-5)20(13-17)36-6/h7-8,13-16H,9-12H2,1-6H3,(H2,26,27,29,30). The van der Waals surface area contributed by atoms with Crippen LogP contribution < -0.4 is 20.1 Å². The topological polar surface area (TPSA) is 123 Å². The largest absolute Gasteiger partial charge is 0.493 e. The number of hydrogen-bond donors (Lipinski definition) is 1. The van der Waals surface area contributed by atoms with Crippen LogP contribution in [-0.2, 0) is 0 Å². The minimum atomic E-state index is 0.0576. The van der Waals surface area contributed by atoms with Gasteiger partial charge in [-0.05, 0) is 45.9 Å². The van der Waals surface area contributed by atoms with Crippen LogP contribution in [0, 0.1) is 0 Å². The lowest BCUT2D eigenvalue weighted by Crippen LogP contribution is -2.56. The summed E-state index contributed by atoms with van der Waals surface area (Å²) in [6.07, 6.45) is 1.66. The molecule has 11 heteroatoms. The van der Waals surface area contributed by atoms with Crippen LogP contribution in [0.15, 0.2) is 24.4 Å². The number of hydrogen-bond acceptors (Lipinski definition) is 9. The molecule has 3 heterocycles. The molecular weight excluding hydrogens is 460 g/mol. The Morgan fingerprint density at radius 2 is 1.64 bits per heavy atom. The summed E-state index contributed by atoms with van der Waals surface area (Å²) in [7, 11) is 3.19. The highest BCUT2D eigenvalue weighted by molar-refractivity contribution is 5.86. The first-order valence-corrected chi connectivity index (χ1v) is 12.1. The SMILES string of the molecule is COc1ccc(-c2cnc3nc(N)nc(N4CCN(C(=O)N(C(C)C)C(C)C)CC4)c3n2)cc1OC. The van der Waals surface area contributed by atoms with E-state index in [0.717, 1.165) is 5.56 Å². The summed E-state index contributed by atoms with van der Waals surface area (Å²) in [6.45, 7) is 10.5. The third-order valence-electron chi connectivity index (χ3n) is 6.27. The predicted molar refractivity (Wildman–Crippen MR) is 139 cm³/mol. The van der Waals surface area contributed by atoms with E-state index in [1.54, 1.807) is 20.4 Å². The number of benzene rings is 1. The summed E-state index contributed by atoms with van der Waals surface area (Å²) in [6, 6.07) is 5.90. The van der Waals surface area contributed by atoms with E-state index in [2.05, 4.69) is 19.9 Å². The van der Waals surface area contributed by atoms with Crippen molar-refractivity contribution in [3.8, 4) is 22.8 Å². The number of aromatic nitrogens is 4. The number of carbonyl (C=O) groups is 1. The van der Waals surface area contributed by atoms with Crippen LogP contribution in [0.2, 0.25) is 0 Å². The molecule has 2 N–H and O–H groups in total. The Morgan fingerprint density at radius 1 is 0.972 bits per heavy atom. The summed E-state index contributed by atoms with van der Waals surface area (Å²) >= 11 is 0. The molecule has 36 heavy (non-hydrogen) atoms. The number of anilines is 2. The van der Waals surface area contributed by atoms with Gasteiger partial charge in [0, 0.05) is 43.8 Å². The Kier molecular flexibility index (Phi) is 7.27. The van der Waals surface area contributed by atoms with Crippen LogP contribution in [0.25, 0.3) is 22.4 Å². The summed E-state index contributed by atoms with van der Waals surface area (Å²) in [5, 5.41) is 0. The predicted octanol–water partition coefficient (Wildman–Crippen LogP) is 3.05. The molecule has 0 aliphatic carbocycles. The highest BCUT2D eigenvalue weighted by Gasteiger charge is 2.29. The first kappa shape index (κ1) is 25.2. The van der Waals surface area contributed by atoms with Crippen molar-refractivity contribution in [2.75, 3.05) is 51.0 Å². The van der Waals surface area contributed by atoms with Crippen molar-refractivity contribution >= 4 is 29.0 Å². The summed E-state index contributed by atoms with van der Waals surface area (Å²) in [5.74, 6) is 1.98. The molecule has 2 amide bonds. The first-order valence-electron chi connectivity index (χ1n) is 12.1. The van der Waals surface area contributed by atoms with Crippen LogP contribution >= 0.6 is 0 Å². The number of methoxy groups -OCH3 is 2. The van der Waals surface area contributed by atoms with Gasteiger partial charge >= 0.3 is 6.03 Å². The number of fused-ring (bicyclic) bond motifs is 1. The molecule has 0 spiro atoms. The van der Waals surface area contributed by atoms with Gasteiger partial charge in [-0.2, -0.15) is 9.97 Å². The Balaban J connectivity index is 1.62. The number of piperazine rings is 1. The number of urea groups is 1. The van der Waals surface area contributed by atoms with Crippen molar-refractivity contribution in [2.45, 2.75) is 39.8 Å². The number of rotatable bonds is 6. The molecule has 3 aromatic rings. The second kappa shape index (κ2) is 10.4. The van der Waals surface area contributed by atoms with E-state index < -0.39 is 0 Å². The molecule has 0 unspecified atom stereocenters. The molecule has 11 nitrogen and oxygen atoms in total. The molecule has 1 aliphatic rings. The fourth-order valence-electron chi connectivity index (χ4n) is 4.58. The molecule has 1 saturated heterocycles. The Labute approximate surface area is 211 Å². The zero-order valence-electron chi connectivity index (χ0n) is 21.7. The van der Waals surface area contributed by atoms with Gasteiger partial charge in [-0.3, -0.25) is 0 Å². The van der Waals surface area contributed by atoms with Crippen LogP contribution in [0.1, 0.15) is 27.7 Å². The molecule has 1 fully saturated rings. The maximum Gasteiger partial charge on any atom is 0.320 e. The van der Waals surface area contributed by atoms with E-state index in [4.69, 9.17) is 20.2 Å². The fraction of sp³-hybridized carbons (Fsp3) is 0.480. The molecule has 0 radical (unpaired) electrons. The van der Waals surface area contributed by atoms with Crippen molar-refractivity contribution in [3.63, 3.8) is 0 Å². The summed E-state index contributed by atoms with van der Waals surface area (Å²) < 4.78 is 10.8. The Hall–Kier alpha value is -3.89. The van der Waals surface area contributed by atoms with Gasteiger partial charge in [-0.15, -0.1) is 0 Å². The van der Waals surface area contributed by atoms with Gasteiger partial charge in [0.2, 0.25) is 5.95 Å². The lowest BCUT2D eigenvalue weighted by Gasteiger charge is -2.40. The molecular formula is C25H34N8O3. The zero-order valence-corrected chi connectivity index (χ0v) is 21.7. The van der Waals surface area contributed by atoms with Gasteiger partial charge in [-0.1, -0.05) is 0 Å². The fourth-order valence-corrected chi connectivity index (χ4v) is 4.58. The highest BCUT2D eigenvalue weighted by atomic mass is 16.5. The lowest BCUT2D eigenvalue weighted by atomic mass is 10.1. The van der Waals surface area contributed by atoms with Gasteiger partial charge in [-0.25, -0.2) is 14.8 Å². The number of nitrogen functional groups attached to an aromatic ring is 1. The second-order valence-corrected chi connectivity index (χ2v) is 9.25. The monoisotopic (exact) mass is 494 g/mol. The lowest BCUT2D eigenvalue weighted by molar-refractivity contribution is 0.122. The maximum absolute atomic E-state index is 13.1. The first-order chi connectivity index (χ1) is 17.2. The second-order valence-electron chi connectivity index (χ2n) is 9.25. The van der Waals surface area contributed by atoms with E-state index in [-0.39, 0.29) is 24.1 Å². The van der Waals surface area contributed by atoms with E-state index in [1.807, 2.05) is 55.7 Å². The van der Waals surface area contributed by atoms with Crippen LogP contribution in [-0.4, -0.2) is 88.2 Å². The third kappa shape index (κ3) is 4.91. The van der Waals surface area contributed by atoms with Gasteiger partial charge in [0.15, 0.2) is 28.5 Å². The van der Waals surface area contributed by atoms with Gasteiger partial charge < -0.3 is 29.9 Å². The van der Waals surface area contributed by atoms with Gasteiger partial charge in [0.05, 0.1) is 26.1 Å². The van der Waals surface area contributed by atoms with Crippen molar-refractivity contribution in [2.24, 2.45) is 0 Å². The summed E-state index contributed by atoms with van der Waals surface area (Å²) in [4.78, 5) is 37.2. The minimum absolute atomic E-state index is 0.0576. The number of amides is 2. The zero-order chi connectivity index (χ0) is 26.0. The molecule has 1 aliphatic heterocycles. The highest BCUT2D eigenvalue weighted by Crippen LogP contribution is 2.33. The van der Waals surface area contributed by atoms with E-state index in [1.165, 1.54) is 0 Å². The average Bonchev–Trinajstić information content (AvgIpc) is 2.87. The van der Waals surface area contributed by atoms with Crippen LogP contribution in [0.3, 0.4) is 0 Å². The Morgan fingerprint density at radius 3 is 2.25 bits per heavy atom. The number of nitrogens with two attached hydrogens (primary N) is 1. The average molecular weight is 495 g/mol. The van der Waals surface area contributed by atoms with Crippen molar-refractivity contribution in [3.05, 3.63) is 24.4 Å². The van der Waals surface area contributed by atoms with Crippen LogP contribution in [0.4, 0.5) is 16.6 Å². The quantitative estimate of drug-likeness (QED) is 0.551. The molecule has 192 valence electrons. The van der Waals surface area contributed by atoms with E-state index in [0.29, 0.717) is 60.4 Å². The smallest absolute Gasteiger partial charge is 0.320 e. The maximum atomic E-state index is 13.1. The van der Waals surface area contributed by atoms with Crippen LogP contribution in [0.5, 0.6) is 11.5 Å². The molecule has 0 saturated carbocycles. The van der Waals surface area contributed by atoms with Gasteiger partial charge in [0.1, 0.15) is 0 Å². The van der Waals surface area contributed by atoms with E-state index in [9.17, 15) is 4.79 Å². The van der Waals surface area contributed by atoms with Crippen molar-refractivity contribution in [1.82, 2.24) is 29.7 Å². The Bertz CT molecular complexity index is 1230. The molecule has 2 aromatic heterocycles. The summed E-state index contributed by atoms with van der Waals surface area (Å²) in [5.41, 5.74) is 8.47. The normalized spacial score (nSPS) is 14.0. The minimum Gasteiger partial charge on any atom is -0.493 e. The number of carbonyl (C=O) groups excluding carboxylic acids is 1. The molecule has 1 aromatic carbocycles. The molecule has 0 bridgehead atoms. The third-order valence-corrected chi connectivity index (χ3v) is 6.27. The van der Waals surface area contributed by atoms with Crippen molar-refractivity contribution in [1.29, 1.82) is 0 Å². The van der Waals surface area contributed by atoms with E-state index >= 15 is 0 Å². The number of ether oxygens (including phenoxy) is 2.